The molecule has 0 spiro atoms. The maximum absolute atomic E-state index is 4.22. The lowest BCUT2D eigenvalue weighted by Crippen LogP contribution is -2.37. The second kappa shape index (κ2) is 6.85. The average Bonchev–Trinajstić information content (AvgIpc) is 3.01. The predicted octanol–water partition coefficient (Wildman–Crippen LogP) is 3.11. The molecule has 3 rings (SSSR count). The van der Waals surface area contributed by atoms with Gasteiger partial charge in [0.1, 0.15) is 12.2 Å². The minimum absolute atomic E-state index is 0.545. The van der Waals surface area contributed by atoms with Crippen LogP contribution in [0.4, 0.5) is 0 Å². The van der Waals surface area contributed by atoms with Crippen molar-refractivity contribution < 1.29 is 0 Å². The fourth-order valence-electron chi connectivity index (χ4n) is 3.38. The summed E-state index contributed by atoms with van der Waals surface area (Å²) in [5.74, 6) is 1.66. The van der Waals surface area contributed by atoms with Gasteiger partial charge in [-0.3, -0.25) is 0 Å². The molecule has 0 unspecified atom stereocenters. The van der Waals surface area contributed by atoms with E-state index in [9.17, 15) is 0 Å². The summed E-state index contributed by atoms with van der Waals surface area (Å²) in [5.41, 5.74) is 1.46. The molecule has 1 aromatic carbocycles. The Morgan fingerprint density at radius 2 is 2.00 bits per heavy atom. The third kappa shape index (κ3) is 3.32. The predicted molar refractivity (Wildman–Crippen MR) is 84.0 cm³/mol. The van der Waals surface area contributed by atoms with Gasteiger partial charge in [-0.05, 0) is 31.2 Å². The molecule has 21 heavy (non-hydrogen) atoms. The normalized spacial score (nSPS) is 22.3. The van der Waals surface area contributed by atoms with Crippen LogP contribution in [0.2, 0.25) is 0 Å². The van der Waals surface area contributed by atoms with Crippen molar-refractivity contribution >= 4 is 0 Å². The van der Waals surface area contributed by atoms with E-state index in [0.717, 1.165) is 18.9 Å². The van der Waals surface area contributed by atoms with E-state index in [2.05, 4.69) is 57.3 Å². The zero-order chi connectivity index (χ0) is 14.5. The van der Waals surface area contributed by atoms with Gasteiger partial charge >= 0.3 is 0 Å². The van der Waals surface area contributed by atoms with Crippen LogP contribution in [0.5, 0.6) is 0 Å². The minimum atomic E-state index is 0.545. The summed E-state index contributed by atoms with van der Waals surface area (Å²) in [6.07, 6.45) is 7.00. The number of nitrogens with one attached hydrogen (secondary N) is 1. The lowest BCUT2D eigenvalue weighted by molar-refractivity contribution is 0.322. The number of benzene rings is 1. The molecule has 0 saturated heterocycles. The summed E-state index contributed by atoms with van der Waals surface area (Å²) in [6, 6.07) is 11.5. The highest BCUT2D eigenvalue weighted by molar-refractivity contribution is 5.22. The van der Waals surface area contributed by atoms with Gasteiger partial charge in [0, 0.05) is 12.6 Å². The molecule has 4 nitrogen and oxygen atoms in total. The lowest BCUT2D eigenvalue weighted by Gasteiger charge is -2.32. The molecule has 1 saturated carbocycles. The molecule has 1 aliphatic carbocycles. The zero-order valence-corrected chi connectivity index (χ0v) is 12.7. The van der Waals surface area contributed by atoms with Crippen LogP contribution in [0.15, 0.2) is 36.7 Å². The molecule has 0 bridgehead atoms. The van der Waals surface area contributed by atoms with Crippen molar-refractivity contribution in [2.45, 2.75) is 57.7 Å². The first-order chi connectivity index (χ1) is 10.4. The molecule has 2 aromatic rings. The van der Waals surface area contributed by atoms with Gasteiger partial charge in [-0.25, -0.2) is 0 Å². The highest BCUT2D eigenvalue weighted by Gasteiger charge is 2.26. The molecular weight excluding hydrogens is 260 g/mol. The van der Waals surface area contributed by atoms with Crippen LogP contribution >= 0.6 is 0 Å². The summed E-state index contributed by atoms with van der Waals surface area (Å²) in [4.78, 5) is 0. The van der Waals surface area contributed by atoms with E-state index in [0.29, 0.717) is 12.0 Å². The van der Waals surface area contributed by atoms with Crippen LogP contribution in [-0.2, 0) is 13.1 Å². The summed E-state index contributed by atoms with van der Waals surface area (Å²) < 4.78 is 2.10. The van der Waals surface area contributed by atoms with Crippen LogP contribution < -0.4 is 5.32 Å². The number of hydrogen-bond donors (Lipinski definition) is 1. The number of rotatable bonds is 5. The SMILES string of the molecule is CCn1cnnc1CN[C@@H]1CCCC[C@@H]1c1ccccc1. The molecule has 1 heterocycles. The fourth-order valence-corrected chi connectivity index (χ4v) is 3.38. The van der Waals surface area contributed by atoms with E-state index in [1.807, 2.05) is 6.33 Å². The van der Waals surface area contributed by atoms with Gasteiger partial charge in [0.15, 0.2) is 0 Å². The lowest BCUT2D eigenvalue weighted by atomic mass is 9.80. The second-order valence-electron chi connectivity index (χ2n) is 5.82. The first kappa shape index (κ1) is 14.3. The number of nitrogens with zero attached hydrogens (tertiary/aromatic N) is 3. The molecular formula is C17H24N4. The first-order valence-electron chi connectivity index (χ1n) is 8.03. The Hall–Kier alpha value is -1.68. The van der Waals surface area contributed by atoms with Crippen molar-refractivity contribution in [3.63, 3.8) is 0 Å². The molecule has 1 fully saturated rings. The van der Waals surface area contributed by atoms with E-state index in [4.69, 9.17) is 0 Å². The maximum atomic E-state index is 4.22. The Morgan fingerprint density at radius 1 is 1.19 bits per heavy atom. The molecule has 1 aromatic heterocycles. The van der Waals surface area contributed by atoms with Crippen molar-refractivity contribution in [3.8, 4) is 0 Å². The summed E-state index contributed by atoms with van der Waals surface area (Å²) in [7, 11) is 0. The van der Waals surface area contributed by atoms with E-state index >= 15 is 0 Å². The smallest absolute Gasteiger partial charge is 0.146 e. The van der Waals surface area contributed by atoms with Crippen molar-refractivity contribution in [3.05, 3.63) is 48.0 Å². The average molecular weight is 284 g/mol. The third-order valence-corrected chi connectivity index (χ3v) is 4.55. The van der Waals surface area contributed by atoms with Gasteiger partial charge in [-0.1, -0.05) is 43.2 Å². The molecule has 2 atom stereocenters. The van der Waals surface area contributed by atoms with Gasteiger partial charge in [-0.15, -0.1) is 10.2 Å². The summed E-state index contributed by atoms with van der Waals surface area (Å²) >= 11 is 0. The Labute approximate surface area is 126 Å². The standard InChI is InChI=1S/C17H24N4/c1-2-21-13-19-20-17(21)12-18-16-11-7-6-10-15(16)14-8-4-3-5-9-14/h3-5,8-9,13,15-16,18H,2,6-7,10-12H2,1H3/t15-,16-/m1/s1. The number of aromatic nitrogens is 3. The topological polar surface area (TPSA) is 42.7 Å². The molecule has 0 amide bonds. The zero-order valence-electron chi connectivity index (χ0n) is 12.7. The van der Waals surface area contributed by atoms with Gasteiger partial charge in [0.25, 0.3) is 0 Å². The highest BCUT2D eigenvalue weighted by Crippen LogP contribution is 2.33. The molecule has 1 aliphatic rings. The molecule has 1 N–H and O–H groups in total. The molecule has 112 valence electrons. The summed E-state index contributed by atoms with van der Waals surface area (Å²) in [5, 5.41) is 12.0. The van der Waals surface area contributed by atoms with Crippen molar-refractivity contribution in [1.82, 2.24) is 20.1 Å². The monoisotopic (exact) mass is 284 g/mol. The minimum Gasteiger partial charge on any atom is -0.317 e. The van der Waals surface area contributed by atoms with Crippen molar-refractivity contribution in [2.24, 2.45) is 0 Å². The highest BCUT2D eigenvalue weighted by atomic mass is 15.3. The Kier molecular flexibility index (Phi) is 4.65. The largest absolute Gasteiger partial charge is 0.317 e. The number of aryl methyl sites for hydroxylation is 1. The van der Waals surface area contributed by atoms with Crippen LogP contribution in [0, 0.1) is 0 Å². The third-order valence-electron chi connectivity index (χ3n) is 4.55. The van der Waals surface area contributed by atoms with Crippen molar-refractivity contribution in [2.75, 3.05) is 0 Å². The molecule has 4 heteroatoms. The van der Waals surface area contributed by atoms with Crippen LogP contribution in [0.1, 0.15) is 49.9 Å². The van der Waals surface area contributed by atoms with Crippen LogP contribution in [-0.4, -0.2) is 20.8 Å². The Bertz CT molecular complexity index is 549. The van der Waals surface area contributed by atoms with Gasteiger partial charge in [-0.2, -0.15) is 0 Å². The van der Waals surface area contributed by atoms with E-state index in [-0.39, 0.29) is 0 Å². The first-order valence-corrected chi connectivity index (χ1v) is 8.03. The van der Waals surface area contributed by atoms with E-state index in [1.54, 1.807) is 0 Å². The van der Waals surface area contributed by atoms with E-state index < -0.39 is 0 Å². The Balaban J connectivity index is 1.67. The van der Waals surface area contributed by atoms with Gasteiger partial charge in [0.05, 0.1) is 6.54 Å². The second-order valence-corrected chi connectivity index (χ2v) is 5.82. The molecule has 0 aliphatic heterocycles. The number of hydrogen-bond acceptors (Lipinski definition) is 3. The van der Waals surface area contributed by atoms with E-state index in [1.165, 1.54) is 31.2 Å². The van der Waals surface area contributed by atoms with Crippen molar-refractivity contribution in [1.29, 1.82) is 0 Å². The summed E-state index contributed by atoms with van der Waals surface area (Å²) in [6.45, 7) is 3.86. The van der Waals surface area contributed by atoms with Gasteiger partial charge in [0.2, 0.25) is 0 Å². The van der Waals surface area contributed by atoms with Gasteiger partial charge < -0.3 is 9.88 Å². The maximum Gasteiger partial charge on any atom is 0.146 e. The fraction of sp³-hybridized carbons (Fsp3) is 0.529. The Morgan fingerprint density at radius 3 is 2.81 bits per heavy atom. The van der Waals surface area contributed by atoms with Crippen LogP contribution in [0.3, 0.4) is 0 Å². The quantitative estimate of drug-likeness (QED) is 0.917. The molecule has 0 radical (unpaired) electrons. The van der Waals surface area contributed by atoms with Crippen LogP contribution in [0.25, 0.3) is 0 Å².